The van der Waals surface area contributed by atoms with Crippen molar-refractivity contribution >= 4 is 15.5 Å². The number of benzene rings is 2. The maximum Gasteiger partial charge on any atom is 0.213 e. The predicted octanol–water partition coefficient (Wildman–Crippen LogP) is 3.94. The van der Waals surface area contributed by atoms with Crippen LogP contribution in [0.5, 0.6) is 5.88 Å². The van der Waals surface area contributed by atoms with Gasteiger partial charge in [-0.05, 0) is 71.8 Å². The number of rotatable bonds is 5. The molecule has 0 saturated carbocycles. The van der Waals surface area contributed by atoms with E-state index in [4.69, 9.17) is 4.74 Å². The fourth-order valence-corrected chi connectivity index (χ4v) is 4.95. The molecule has 0 amide bonds. The first kappa shape index (κ1) is 22.9. The van der Waals surface area contributed by atoms with Gasteiger partial charge < -0.3 is 9.64 Å². The van der Waals surface area contributed by atoms with Gasteiger partial charge in [-0.3, -0.25) is 0 Å². The third-order valence-electron chi connectivity index (χ3n) is 5.94. The molecule has 0 radical (unpaired) electrons. The Bertz CT molecular complexity index is 1310. The van der Waals surface area contributed by atoms with E-state index in [-0.39, 0.29) is 0 Å². The highest BCUT2D eigenvalue weighted by molar-refractivity contribution is 7.90. The number of methoxy groups -OCH3 is 1. The lowest BCUT2D eigenvalue weighted by molar-refractivity contribution is 0.397. The first-order valence-corrected chi connectivity index (χ1v) is 12.8. The van der Waals surface area contributed by atoms with Crippen molar-refractivity contribution in [3.05, 3.63) is 83.0 Å². The molecule has 2 heterocycles. The summed E-state index contributed by atoms with van der Waals surface area (Å²) >= 11 is 0. The smallest absolute Gasteiger partial charge is 0.213 e. The summed E-state index contributed by atoms with van der Waals surface area (Å²) in [6.07, 6.45) is 5.50. The van der Waals surface area contributed by atoms with Crippen LogP contribution in [0.1, 0.15) is 22.3 Å². The van der Waals surface area contributed by atoms with Gasteiger partial charge >= 0.3 is 0 Å². The van der Waals surface area contributed by atoms with Gasteiger partial charge in [0.2, 0.25) is 5.88 Å². The van der Waals surface area contributed by atoms with Crippen molar-refractivity contribution in [3.63, 3.8) is 0 Å². The number of pyridine rings is 1. The molecule has 170 valence electrons. The number of anilines is 1. The number of sulfone groups is 1. The maximum absolute atomic E-state index is 11.7. The summed E-state index contributed by atoms with van der Waals surface area (Å²) < 4.78 is 28.6. The Balaban J connectivity index is 1.46. The first-order valence-electron chi connectivity index (χ1n) is 10.9. The standard InChI is InChI=1S/C27H28N2O3S/c1-29-19-23(15-22-7-10-25(11-8-22)33(3,30)31)17-24-16-20(9-12-26(24)29)5-4-6-21-13-14-28-27(18-21)32-2/h7-14,16,18,23H,6,15,17,19H2,1-3H3. The quantitative estimate of drug-likeness (QED) is 0.540. The van der Waals surface area contributed by atoms with E-state index >= 15 is 0 Å². The van der Waals surface area contributed by atoms with Crippen LogP contribution in [0.3, 0.4) is 0 Å². The third kappa shape index (κ3) is 5.74. The predicted molar refractivity (Wildman–Crippen MR) is 132 cm³/mol. The molecule has 0 bridgehead atoms. The monoisotopic (exact) mass is 460 g/mol. The van der Waals surface area contributed by atoms with E-state index in [2.05, 4.69) is 47.0 Å². The van der Waals surface area contributed by atoms with Gasteiger partial charge in [0.15, 0.2) is 9.84 Å². The molecule has 5 nitrogen and oxygen atoms in total. The molecule has 3 aromatic rings. The number of hydrogen-bond donors (Lipinski definition) is 0. The van der Waals surface area contributed by atoms with Crippen molar-refractivity contribution in [2.24, 2.45) is 5.92 Å². The average molecular weight is 461 g/mol. The van der Waals surface area contributed by atoms with Gasteiger partial charge in [-0.25, -0.2) is 13.4 Å². The molecule has 6 heteroatoms. The lowest BCUT2D eigenvalue weighted by atomic mass is 9.87. The lowest BCUT2D eigenvalue weighted by Gasteiger charge is -2.33. The van der Waals surface area contributed by atoms with Crippen molar-refractivity contribution < 1.29 is 13.2 Å². The van der Waals surface area contributed by atoms with Gasteiger partial charge in [0.1, 0.15) is 0 Å². The summed E-state index contributed by atoms with van der Waals surface area (Å²) in [4.78, 5) is 6.80. The molecule has 0 fully saturated rings. The molecule has 0 N–H and O–H groups in total. The van der Waals surface area contributed by atoms with Gasteiger partial charge in [0, 0.05) is 49.8 Å². The van der Waals surface area contributed by atoms with Crippen molar-refractivity contribution in [3.8, 4) is 17.7 Å². The summed E-state index contributed by atoms with van der Waals surface area (Å²) in [5.74, 6) is 7.61. The Morgan fingerprint density at radius 2 is 1.88 bits per heavy atom. The third-order valence-corrected chi connectivity index (χ3v) is 7.07. The second kappa shape index (κ2) is 9.68. The minimum absolute atomic E-state index is 0.366. The van der Waals surface area contributed by atoms with Crippen LogP contribution >= 0.6 is 0 Å². The fraction of sp³-hybridized carbons (Fsp3) is 0.296. The van der Waals surface area contributed by atoms with Crippen LogP contribution in [0.15, 0.2) is 65.7 Å². The Labute approximate surface area is 196 Å². The van der Waals surface area contributed by atoms with Gasteiger partial charge in [0.05, 0.1) is 12.0 Å². The number of nitrogens with zero attached hydrogens (tertiary/aromatic N) is 2. The van der Waals surface area contributed by atoms with Crippen molar-refractivity contribution in [1.29, 1.82) is 0 Å². The molecule has 0 aliphatic carbocycles. The van der Waals surface area contributed by atoms with Gasteiger partial charge in [-0.1, -0.05) is 24.0 Å². The highest BCUT2D eigenvalue weighted by Gasteiger charge is 2.22. The number of fused-ring (bicyclic) bond motifs is 1. The van der Waals surface area contributed by atoms with Crippen LogP contribution in [0, 0.1) is 17.8 Å². The van der Waals surface area contributed by atoms with E-state index in [0.29, 0.717) is 23.1 Å². The molecule has 33 heavy (non-hydrogen) atoms. The molecule has 1 aliphatic heterocycles. The van der Waals surface area contributed by atoms with Crippen LogP contribution in [-0.4, -0.2) is 40.4 Å². The molecule has 1 aliphatic rings. The Morgan fingerprint density at radius 3 is 2.61 bits per heavy atom. The molecular formula is C27H28N2O3S. The lowest BCUT2D eigenvalue weighted by Crippen LogP contribution is -2.33. The fourth-order valence-electron chi connectivity index (χ4n) is 4.32. The van der Waals surface area contributed by atoms with Crippen molar-refractivity contribution in [2.45, 2.75) is 24.2 Å². The Morgan fingerprint density at radius 1 is 1.09 bits per heavy atom. The highest BCUT2D eigenvalue weighted by atomic mass is 32.2. The molecule has 2 aromatic carbocycles. The minimum atomic E-state index is -3.17. The SMILES string of the molecule is COc1cc(CC#Cc2ccc3c(c2)CC(Cc2ccc(S(C)(=O)=O)cc2)CN3C)ccn1. The molecule has 1 atom stereocenters. The number of ether oxygens (including phenoxy) is 1. The minimum Gasteiger partial charge on any atom is -0.481 e. The van der Waals surface area contributed by atoms with E-state index < -0.39 is 9.84 Å². The van der Waals surface area contributed by atoms with Crippen LogP contribution in [0.4, 0.5) is 5.69 Å². The van der Waals surface area contributed by atoms with Gasteiger partial charge in [-0.15, -0.1) is 0 Å². The first-order chi connectivity index (χ1) is 15.8. The van der Waals surface area contributed by atoms with E-state index in [0.717, 1.165) is 36.1 Å². The van der Waals surface area contributed by atoms with Gasteiger partial charge in [0.25, 0.3) is 0 Å². The molecule has 0 saturated heterocycles. The molecule has 0 spiro atoms. The van der Waals surface area contributed by atoms with Crippen molar-refractivity contribution in [1.82, 2.24) is 4.98 Å². The zero-order valence-electron chi connectivity index (χ0n) is 19.2. The summed E-state index contributed by atoms with van der Waals surface area (Å²) in [7, 11) is 0.570. The van der Waals surface area contributed by atoms with E-state index in [1.54, 1.807) is 25.4 Å². The summed E-state index contributed by atoms with van der Waals surface area (Å²) in [5, 5.41) is 0. The Hall–Kier alpha value is -3.30. The van der Waals surface area contributed by atoms with E-state index in [9.17, 15) is 8.42 Å². The largest absolute Gasteiger partial charge is 0.481 e. The summed E-state index contributed by atoms with van der Waals surface area (Å²) in [5.41, 5.74) is 5.81. The zero-order valence-corrected chi connectivity index (χ0v) is 20.0. The molecule has 1 aromatic heterocycles. The van der Waals surface area contributed by atoms with E-state index in [1.165, 1.54) is 17.5 Å². The molecule has 1 unspecified atom stereocenters. The molecule has 4 rings (SSSR count). The summed E-state index contributed by atoms with van der Waals surface area (Å²) in [6, 6.07) is 17.6. The summed E-state index contributed by atoms with van der Waals surface area (Å²) in [6.45, 7) is 0.968. The van der Waals surface area contributed by atoms with Gasteiger partial charge in [-0.2, -0.15) is 0 Å². The van der Waals surface area contributed by atoms with Crippen LogP contribution in [0.2, 0.25) is 0 Å². The van der Waals surface area contributed by atoms with Crippen LogP contribution in [-0.2, 0) is 29.1 Å². The number of hydrogen-bond acceptors (Lipinski definition) is 5. The molecular weight excluding hydrogens is 432 g/mol. The van der Waals surface area contributed by atoms with Crippen LogP contribution < -0.4 is 9.64 Å². The maximum atomic E-state index is 11.7. The second-order valence-corrected chi connectivity index (χ2v) is 10.6. The normalized spacial score (nSPS) is 15.4. The zero-order chi connectivity index (χ0) is 23.4. The second-order valence-electron chi connectivity index (χ2n) is 8.60. The number of aromatic nitrogens is 1. The van der Waals surface area contributed by atoms with E-state index in [1.807, 2.05) is 24.3 Å². The topological polar surface area (TPSA) is 59.5 Å². The average Bonchev–Trinajstić information content (AvgIpc) is 2.79. The van der Waals surface area contributed by atoms with Crippen LogP contribution in [0.25, 0.3) is 0 Å². The van der Waals surface area contributed by atoms with Crippen molar-refractivity contribution in [2.75, 3.05) is 31.9 Å². The highest BCUT2D eigenvalue weighted by Crippen LogP contribution is 2.31. The Kier molecular flexibility index (Phi) is 6.71.